The van der Waals surface area contributed by atoms with Gasteiger partial charge in [-0.3, -0.25) is 71.4 Å². The molecule has 0 amide bonds. The number of pyridine rings is 6. The van der Waals surface area contributed by atoms with Crippen molar-refractivity contribution < 1.29 is 60.8 Å². The largest absolute Gasteiger partial charge is 0.496 e. The number of ether oxygens (including phenoxy) is 6. The van der Waals surface area contributed by atoms with Gasteiger partial charge in [0.15, 0.2) is 34.7 Å². The van der Waals surface area contributed by atoms with Crippen LogP contribution in [0.15, 0.2) is 125 Å². The van der Waals surface area contributed by atoms with Crippen molar-refractivity contribution in [3.63, 3.8) is 0 Å². The van der Waals surface area contributed by atoms with Crippen molar-refractivity contribution in [2.75, 3.05) is 42.0 Å². The predicted molar refractivity (Wildman–Crippen MR) is 369 cm³/mol. The number of fused-ring (bicyclic) bond motifs is 9. The van der Waals surface area contributed by atoms with Crippen LogP contribution in [0.3, 0.4) is 0 Å². The van der Waals surface area contributed by atoms with Gasteiger partial charge in [-0.15, -0.1) is 0 Å². The molecule has 0 aliphatic rings. The third-order valence-electron chi connectivity index (χ3n) is 16.8. The molecule has 0 radical (unpaired) electrons. The fraction of sp³-hybridized carbons (Fsp3) is 0.229. The molecular weight excluding hydrogens is 1290 g/mol. The van der Waals surface area contributed by atoms with Gasteiger partial charge >= 0.3 is 17.1 Å². The van der Waals surface area contributed by atoms with E-state index in [0.29, 0.717) is 99.3 Å². The summed E-state index contributed by atoms with van der Waals surface area (Å²) in [6, 6.07) is 10.1. The molecule has 30 heteroatoms. The quantitative estimate of drug-likeness (QED) is 0.104. The molecule has 15 aromatic rings. The lowest BCUT2D eigenvalue weighted by Crippen LogP contribution is -2.22. The summed E-state index contributed by atoms with van der Waals surface area (Å²) in [5.41, 5.74) is 4.24. The Kier molecular flexibility index (Phi) is 13.1. The van der Waals surface area contributed by atoms with Crippen molar-refractivity contribution >= 4 is 65.8 Å². The van der Waals surface area contributed by atoms with Crippen molar-refractivity contribution in [3.05, 3.63) is 177 Å². The van der Waals surface area contributed by atoms with E-state index in [2.05, 4.69) is 45.2 Å². The number of aromatic nitrogens is 18. The molecule has 0 N–H and O–H groups in total. The Bertz CT molecular complexity index is 6610. The molecule has 0 saturated heterocycles. The maximum Gasteiger partial charge on any atom is 0.333 e. The summed E-state index contributed by atoms with van der Waals surface area (Å²) in [4.78, 5) is 65.1. The highest BCUT2D eigenvalue weighted by Crippen LogP contribution is 2.43. The van der Waals surface area contributed by atoms with E-state index >= 15 is 13.2 Å². The standard InChI is InChI=1S/C24H23FN6O3.2C23H21FN6O3/c1-6-34-21-11-26-9-17(25)23(21)31-22-15-7-14(16-12-29(3)28-13(16)2)20(33-5)8-18(15)27-10-19(22)30(4)24(31)32;2*1-12-15(11-28(2)27-12)13-6-14-17(7-19(13)32-4)26-9-18-21(14)30(23(31)29(18)3)22-16(24)8-25-10-20(22)33-5/h7-12H,6H2,1-5H3;2*6-11H,1-5H3/i6D2;3D3,5D3;2D3,5D3. The maximum atomic E-state index is 15.4. The number of halogens is 3. The van der Waals surface area contributed by atoms with E-state index < -0.39 is 92.0 Å². The van der Waals surface area contributed by atoms with Crippen molar-refractivity contribution in [1.82, 2.24) is 86.6 Å². The van der Waals surface area contributed by atoms with Crippen LogP contribution in [-0.2, 0) is 42.1 Å². The molecule has 0 aliphatic carbocycles. The lowest BCUT2D eigenvalue weighted by atomic mass is 10.0. The number of nitrogens with zero attached hydrogens (tertiary/aromatic N) is 18. The van der Waals surface area contributed by atoms with Gasteiger partial charge < -0.3 is 28.4 Å². The van der Waals surface area contributed by atoms with Gasteiger partial charge in [0.1, 0.15) is 34.3 Å². The summed E-state index contributed by atoms with van der Waals surface area (Å²) in [5, 5.41) is 14.1. The molecule has 510 valence electrons. The zero-order valence-corrected chi connectivity index (χ0v) is 54.8. The van der Waals surface area contributed by atoms with E-state index in [1.807, 2.05) is 26.2 Å². The van der Waals surface area contributed by atoms with Gasteiger partial charge in [-0.1, -0.05) is 0 Å². The first kappa shape index (κ1) is 50.7. The smallest absolute Gasteiger partial charge is 0.333 e. The average Bonchev–Trinajstić information content (AvgIpc) is 1.56. The van der Waals surface area contributed by atoms with Crippen LogP contribution in [0, 0.1) is 38.2 Å². The van der Waals surface area contributed by atoms with Crippen molar-refractivity contribution in [3.8, 4) is 84.9 Å². The Hall–Kier alpha value is -12.6. The van der Waals surface area contributed by atoms with Crippen LogP contribution >= 0.6 is 0 Å². The highest BCUT2D eigenvalue weighted by Gasteiger charge is 2.28. The Morgan fingerprint density at radius 3 is 1.08 bits per heavy atom. The summed E-state index contributed by atoms with van der Waals surface area (Å²) in [6.45, 7) is -1.14. The van der Waals surface area contributed by atoms with E-state index in [-0.39, 0.29) is 33.4 Å². The molecule has 3 aromatic carbocycles. The summed E-state index contributed by atoms with van der Waals surface area (Å²) in [5.74, 6) is -2.84. The summed E-state index contributed by atoms with van der Waals surface area (Å²) in [6.07, 6.45) is 14.8. The number of hydrogen-bond donors (Lipinski definition) is 0. The van der Waals surface area contributed by atoms with Gasteiger partial charge in [-0.25, -0.2) is 27.6 Å². The molecule has 0 atom stereocenters. The average molecular weight is 1370 g/mol. The zero-order valence-electron chi connectivity index (χ0n) is 68.8. The molecule has 15 rings (SSSR count). The van der Waals surface area contributed by atoms with Crippen LogP contribution in [0.2, 0.25) is 0 Å². The van der Waals surface area contributed by atoms with Crippen LogP contribution in [0.5, 0.6) is 34.5 Å². The first-order valence-electron chi connectivity index (χ1n) is 36.8. The maximum absolute atomic E-state index is 15.4. The fourth-order valence-electron chi connectivity index (χ4n) is 12.4. The van der Waals surface area contributed by atoms with Crippen molar-refractivity contribution in [2.24, 2.45) is 42.1 Å². The SMILES string of the molecule is [2H]C([2H])(C)Oc1cncc(F)c1-n1c(=O)n(C)c2cnc3cc(OC)c(-c4cn(C)nc4C)cc3c21.[2H]C([2H])([2H])Oc1cncc(F)c1-n1c(=O)n(C([2H])([2H])[2H])c2cnc3cc(OC)c(-c4cn(C)nc4C)cc3c21.[2H]C([2H])([2H])Oc1cncc(F)c1-n1c(=O)n(C)c2cnc3cc(OC)c(-c4cn(C([2H])([2H])[2H])nc4C)cc3c21. The summed E-state index contributed by atoms with van der Waals surface area (Å²) >= 11 is 0. The topological polar surface area (TPSA) is 267 Å². The molecule has 0 fully saturated rings. The van der Waals surface area contributed by atoms with Crippen molar-refractivity contribution in [1.29, 1.82) is 0 Å². The molecule has 0 aliphatic heterocycles. The van der Waals surface area contributed by atoms with E-state index in [1.54, 1.807) is 80.9 Å². The Morgan fingerprint density at radius 2 is 0.760 bits per heavy atom. The van der Waals surface area contributed by atoms with Crippen LogP contribution in [-0.4, -0.2) is 129 Å². The minimum absolute atomic E-state index is 0.0351. The first-order valence-corrected chi connectivity index (χ1v) is 29.8. The van der Waals surface area contributed by atoms with Gasteiger partial charge in [-0.2, -0.15) is 15.3 Å². The molecule has 27 nitrogen and oxygen atoms in total. The molecule has 0 unspecified atom stereocenters. The van der Waals surface area contributed by atoms with Crippen LogP contribution in [0.1, 0.15) is 43.2 Å². The zero-order chi connectivity index (χ0) is 82.8. The van der Waals surface area contributed by atoms with Crippen LogP contribution in [0.25, 0.3) is 116 Å². The molecule has 0 spiro atoms. The molecular formula is C70H65F3N18O9. The monoisotopic (exact) mass is 1370 g/mol. The number of rotatable bonds is 13. The number of benzene rings is 3. The van der Waals surface area contributed by atoms with Gasteiger partial charge in [0, 0.05) is 137 Å². The molecule has 12 heterocycles. The van der Waals surface area contributed by atoms with Gasteiger partial charge in [0.05, 0.1) is 175 Å². The number of hydrogen-bond acceptors (Lipinski definition) is 18. The second-order valence-electron chi connectivity index (χ2n) is 22.6. The van der Waals surface area contributed by atoms with E-state index in [1.165, 1.54) is 72.9 Å². The fourth-order valence-corrected chi connectivity index (χ4v) is 12.4. The first-order chi connectivity index (χ1) is 53.4. The number of methoxy groups -OCH3 is 5. The summed E-state index contributed by atoms with van der Waals surface area (Å²) in [7, 11) is 5.10. The predicted octanol–water partition coefficient (Wildman–Crippen LogP) is 9.80. The molecule has 100 heavy (non-hydrogen) atoms. The van der Waals surface area contributed by atoms with Crippen LogP contribution < -0.4 is 45.5 Å². The lowest BCUT2D eigenvalue weighted by molar-refractivity contribution is 0.335. The second-order valence-corrected chi connectivity index (χ2v) is 22.6. The Morgan fingerprint density at radius 1 is 0.420 bits per heavy atom. The highest BCUT2D eigenvalue weighted by molar-refractivity contribution is 6.08. The van der Waals surface area contributed by atoms with E-state index in [4.69, 9.17) is 47.6 Å². The minimum atomic E-state index is -3.02. The summed E-state index contributed by atoms with van der Waals surface area (Å²) < 4.78 is 196. The van der Waals surface area contributed by atoms with E-state index in [0.717, 1.165) is 61.6 Å². The highest BCUT2D eigenvalue weighted by atomic mass is 19.1. The third-order valence-corrected chi connectivity index (χ3v) is 16.8. The van der Waals surface area contributed by atoms with Gasteiger partial charge in [-0.05, 0) is 45.9 Å². The normalized spacial score (nSPS) is 14.2. The van der Waals surface area contributed by atoms with Gasteiger partial charge in [0.25, 0.3) is 0 Å². The third kappa shape index (κ3) is 10.8. The van der Waals surface area contributed by atoms with E-state index in [9.17, 15) is 14.4 Å². The number of imidazole rings is 3. The molecule has 0 saturated carbocycles. The molecule has 0 bridgehead atoms. The lowest BCUT2D eigenvalue weighted by Gasteiger charge is -2.14. The van der Waals surface area contributed by atoms with Crippen molar-refractivity contribution in [2.45, 2.75) is 27.7 Å². The Balaban J connectivity index is 0.000000149. The van der Waals surface area contributed by atoms with Gasteiger partial charge in [0.2, 0.25) is 0 Å². The van der Waals surface area contributed by atoms with Crippen LogP contribution in [0.4, 0.5) is 13.2 Å². The number of aryl methyl sites for hydroxylation is 9. The minimum Gasteiger partial charge on any atom is -0.496 e. The second kappa shape index (κ2) is 25.7. The Labute approximate surface area is 585 Å². The molecule has 12 aromatic heterocycles.